The van der Waals surface area contributed by atoms with Crippen LogP contribution in [0.5, 0.6) is 0 Å². The van der Waals surface area contributed by atoms with Crippen LogP contribution in [0.3, 0.4) is 0 Å². The summed E-state index contributed by atoms with van der Waals surface area (Å²) in [6.07, 6.45) is 1.65. The van der Waals surface area contributed by atoms with Gasteiger partial charge in [-0.3, -0.25) is 0 Å². The van der Waals surface area contributed by atoms with E-state index in [0.29, 0.717) is 12.3 Å². The van der Waals surface area contributed by atoms with E-state index < -0.39 is 0 Å². The molecular formula is C7H9IN2O2. The molecule has 5 heteroatoms. The average molecular weight is 280 g/mol. The Morgan fingerprint density at radius 2 is 2.50 bits per heavy atom. The number of rotatable bonds is 2. The van der Waals surface area contributed by atoms with E-state index in [1.54, 1.807) is 17.7 Å². The predicted molar refractivity (Wildman–Crippen MR) is 51.9 cm³/mol. The fourth-order valence-electron chi connectivity index (χ4n) is 0.747. The van der Waals surface area contributed by atoms with Gasteiger partial charge in [-0.15, -0.1) is 0 Å². The third-order valence-corrected chi connectivity index (χ3v) is 2.31. The van der Waals surface area contributed by atoms with Crippen molar-refractivity contribution in [1.82, 2.24) is 9.55 Å². The highest BCUT2D eigenvalue weighted by Gasteiger charge is 2.11. The first-order valence-corrected chi connectivity index (χ1v) is 4.59. The van der Waals surface area contributed by atoms with Crippen molar-refractivity contribution in [2.75, 3.05) is 6.61 Å². The third-order valence-electron chi connectivity index (χ3n) is 1.30. The summed E-state index contributed by atoms with van der Waals surface area (Å²) in [5.41, 5.74) is 0.365. The molecule has 0 aliphatic rings. The van der Waals surface area contributed by atoms with Crippen LogP contribution >= 0.6 is 22.6 Å². The predicted octanol–water partition coefficient (Wildman–Crippen LogP) is 1.20. The van der Waals surface area contributed by atoms with Crippen molar-refractivity contribution in [3.63, 3.8) is 0 Å². The molecule has 0 aliphatic heterocycles. The summed E-state index contributed by atoms with van der Waals surface area (Å²) < 4.78 is 7.32. The molecule has 12 heavy (non-hydrogen) atoms. The minimum absolute atomic E-state index is 0.365. The van der Waals surface area contributed by atoms with Gasteiger partial charge in [-0.05, 0) is 29.5 Å². The number of hydrogen-bond acceptors (Lipinski definition) is 3. The molecule has 0 aliphatic carbocycles. The van der Waals surface area contributed by atoms with Crippen LogP contribution in [-0.2, 0) is 11.8 Å². The normalized spacial score (nSPS) is 9.92. The van der Waals surface area contributed by atoms with Gasteiger partial charge in [0.25, 0.3) is 0 Å². The number of imidazole rings is 1. The smallest absolute Gasteiger partial charge is 0.358 e. The molecule has 1 rings (SSSR count). The summed E-state index contributed by atoms with van der Waals surface area (Å²) >= 11 is 2.05. The van der Waals surface area contributed by atoms with Crippen molar-refractivity contribution in [3.05, 3.63) is 15.7 Å². The van der Waals surface area contributed by atoms with Crippen molar-refractivity contribution >= 4 is 28.6 Å². The Bertz CT molecular complexity index is 276. The number of hydrogen-bond donors (Lipinski definition) is 0. The van der Waals surface area contributed by atoms with Gasteiger partial charge in [0.2, 0.25) is 0 Å². The highest BCUT2D eigenvalue weighted by molar-refractivity contribution is 14.1. The summed E-state index contributed by atoms with van der Waals surface area (Å²) in [6.45, 7) is 2.15. The zero-order valence-electron chi connectivity index (χ0n) is 6.87. The van der Waals surface area contributed by atoms with Crippen LogP contribution in [0.25, 0.3) is 0 Å². The maximum absolute atomic E-state index is 11.1. The van der Waals surface area contributed by atoms with Gasteiger partial charge in [0.1, 0.15) is 0 Å². The van der Waals surface area contributed by atoms with E-state index >= 15 is 0 Å². The third kappa shape index (κ3) is 1.96. The second kappa shape index (κ2) is 3.88. The monoisotopic (exact) mass is 280 g/mol. The number of carbonyl (C=O) groups excluding carboxylic acids is 1. The lowest BCUT2D eigenvalue weighted by Gasteiger charge is -1.95. The Hall–Kier alpha value is -0.590. The maximum atomic E-state index is 11.1. The summed E-state index contributed by atoms with van der Waals surface area (Å²) in [5.74, 6) is -0.365. The molecule has 66 valence electrons. The standard InChI is InChI=1S/C7H9IN2O2/c1-3-12-6(11)5-4-10(2)7(8)9-5/h4H,3H2,1-2H3. The fraction of sp³-hybridized carbons (Fsp3) is 0.429. The van der Waals surface area contributed by atoms with E-state index in [0.717, 1.165) is 3.83 Å². The molecular weight excluding hydrogens is 271 g/mol. The van der Waals surface area contributed by atoms with Crippen molar-refractivity contribution in [2.45, 2.75) is 6.92 Å². The molecule has 0 unspecified atom stereocenters. The largest absolute Gasteiger partial charge is 0.461 e. The molecule has 1 heterocycles. The van der Waals surface area contributed by atoms with E-state index in [-0.39, 0.29) is 5.97 Å². The number of ether oxygens (including phenoxy) is 1. The Kier molecular flexibility index (Phi) is 3.07. The molecule has 0 amide bonds. The number of aromatic nitrogens is 2. The van der Waals surface area contributed by atoms with Crippen molar-refractivity contribution in [2.24, 2.45) is 7.05 Å². The van der Waals surface area contributed by atoms with Crippen LogP contribution in [-0.4, -0.2) is 22.1 Å². The molecule has 0 spiro atoms. The first-order chi connectivity index (χ1) is 5.65. The van der Waals surface area contributed by atoms with E-state index in [4.69, 9.17) is 4.74 Å². The lowest BCUT2D eigenvalue weighted by atomic mass is 10.5. The molecule has 1 aromatic rings. The first kappa shape index (κ1) is 9.50. The number of carbonyl (C=O) groups is 1. The zero-order valence-corrected chi connectivity index (χ0v) is 9.03. The highest BCUT2D eigenvalue weighted by atomic mass is 127. The molecule has 0 fully saturated rings. The summed E-state index contributed by atoms with van der Waals surface area (Å²) in [4.78, 5) is 15.1. The van der Waals surface area contributed by atoms with Crippen LogP contribution in [0.15, 0.2) is 6.20 Å². The number of aryl methyl sites for hydroxylation is 1. The summed E-state index contributed by atoms with van der Waals surface area (Å²) in [7, 11) is 1.83. The molecule has 0 radical (unpaired) electrons. The first-order valence-electron chi connectivity index (χ1n) is 3.51. The number of nitrogens with zero attached hydrogens (tertiary/aromatic N) is 2. The fourth-order valence-corrected chi connectivity index (χ4v) is 1.15. The average Bonchev–Trinajstić information content (AvgIpc) is 2.33. The van der Waals surface area contributed by atoms with Crippen LogP contribution in [0, 0.1) is 3.83 Å². The van der Waals surface area contributed by atoms with Gasteiger partial charge < -0.3 is 9.30 Å². The molecule has 1 aromatic heterocycles. The highest BCUT2D eigenvalue weighted by Crippen LogP contribution is 2.05. The minimum atomic E-state index is -0.365. The van der Waals surface area contributed by atoms with Gasteiger partial charge in [0, 0.05) is 13.2 Å². The number of esters is 1. The van der Waals surface area contributed by atoms with Crippen molar-refractivity contribution in [1.29, 1.82) is 0 Å². The van der Waals surface area contributed by atoms with Crippen LogP contribution in [0.4, 0.5) is 0 Å². The van der Waals surface area contributed by atoms with Crippen LogP contribution < -0.4 is 0 Å². The van der Waals surface area contributed by atoms with E-state index in [1.807, 2.05) is 7.05 Å². The van der Waals surface area contributed by atoms with Crippen LogP contribution in [0.2, 0.25) is 0 Å². The zero-order chi connectivity index (χ0) is 9.14. The molecule has 0 atom stereocenters. The van der Waals surface area contributed by atoms with E-state index in [1.165, 1.54) is 0 Å². The Balaban J connectivity index is 2.82. The molecule has 0 N–H and O–H groups in total. The molecule has 0 bridgehead atoms. The van der Waals surface area contributed by atoms with Gasteiger partial charge in [0.05, 0.1) is 6.61 Å². The quantitative estimate of drug-likeness (QED) is 0.604. The Morgan fingerprint density at radius 1 is 1.83 bits per heavy atom. The summed E-state index contributed by atoms with van der Waals surface area (Å²) in [5, 5.41) is 0. The minimum Gasteiger partial charge on any atom is -0.461 e. The molecule has 0 saturated carbocycles. The van der Waals surface area contributed by atoms with Gasteiger partial charge in [-0.25, -0.2) is 9.78 Å². The van der Waals surface area contributed by atoms with Crippen molar-refractivity contribution < 1.29 is 9.53 Å². The second-order valence-electron chi connectivity index (χ2n) is 2.23. The van der Waals surface area contributed by atoms with Crippen LogP contribution in [0.1, 0.15) is 17.4 Å². The lowest BCUT2D eigenvalue weighted by Crippen LogP contribution is -2.04. The molecule has 0 saturated heterocycles. The SMILES string of the molecule is CCOC(=O)c1cn(C)c(I)n1. The second-order valence-corrected chi connectivity index (χ2v) is 3.19. The maximum Gasteiger partial charge on any atom is 0.358 e. The summed E-state index contributed by atoms with van der Waals surface area (Å²) in [6, 6.07) is 0. The van der Waals surface area contributed by atoms with Gasteiger partial charge in [0.15, 0.2) is 9.53 Å². The van der Waals surface area contributed by atoms with E-state index in [2.05, 4.69) is 27.6 Å². The van der Waals surface area contributed by atoms with E-state index in [9.17, 15) is 4.79 Å². The van der Waals surface area contributed by atoms with Gasteiger partial charge in [-0.2, -0.15) is 0 Å². The van der Waals surface area contributed by atoms with Gasteiger partial charge in [-0.1, -0.05) is 0 Å². The number of halogens is 1. The molecule has 0 aromatic carbocycles. The Labute approximate surface area is 84.1 Å². The Morgan fingerprint density at radius 3 is 2.92 bits per heavy atom. The topological polar surface area (TPSA) is 44.1 Å². The molecule has 4 nitrogen and oxygen atoms in total. The van der Waals surface area contributed by atoms with Crippen molar-refractivity contribution in [3.8, 4) is 0 Å². The lowest BCUT2D eigenvalue weighted by molar-refractivity contribution is 0.0520. The van der Waals surface area contributed by atoms with Gasteiger partial charge >= 0.3 is 5.97 Å².